The van der Waals surface area contributed by atoms with Gasteiger partial charge in [-0.1, -0.05) is 57.5 Å². The van der Waals surface area contributed by atoms with E-state index in [4.69, 9.17) is 5.21 Å². The van der Waals surface area contributed by atoms with E-state index < -0.39 is 0 Å². The van der Waals surface area contributed by atoms with E-state index in [1.807, 2.05) is 30.3 Å². The average molecular weight is 254 g/mol. The molecule has 2 nitrogen and oxygen atoms in total. The van der Waals surface area contributed by atoms with Crippen LogP contribution in [-0.2, 0) is 0 Å². The zero-order chi connectivity index (χ0) is 10.2. The van der Waals surface area contributed by atoms with Gasteiger partial charge < -0.3 is 5.21 Å². The van der Waals surface area contributed by atoms with Crippen molar-refractivity contribution in [1.29, 1.82) is 0 Å². The number of hydrogen-bond donors (Lipinski definition) is 1. The Labute approximate surface area is 92.1 Å². The number of nitrogens with zero attached hydrogens (tertiary/aromatic N) is 1. The van der Waals surface area contributed by atoms with Gasteiger partial charge in [0.15, 0.2) is 0 Å². The van der Waals surface area contributed by atoms with Crippen molar-refractivity contribution >= 4 is 28.2 Å². The summed E-state index contributed by atoms with van der Waals surface area (Å²) in [6.07, 6.45) is 6.54. The summed E-state index contributed by atoms with van der Waals surface area (Å²) in [6.45, 7) is 0. The Morgan fingerprint density at radius 3 is 2.64 bits per heavy atom. The van der Waals surface area contributed by atoms with Crippen LogP contribution in [0.2, 0.25) is 0 Å². The first-order valence-corrected chi connectivity index (χ1v) is 5.49. The van der Waals surface area contributed by atoms with Crippen LogP contribution in [0.4, 0.5) is 0 Å². The van der Waals surface area contributed by atoms with Crippen LogP contribution in [0, 0.1) is 0 Å². The Hall–Kier alpha value is -1.09. The Bertz CT molecular complexity index is 334. The number of benzene rings is 1. The highest BCUT2D eigenvalue weighted by Gasteiger charge is 1.93. The third-order valence-corrected chi connectivity index (χ3v) is 2.22. The summed E-state index contributed by atoms with van der Waals surface area (Å²) in [5, 5.41) is 12.4. The van der Waals surface area contributed by atoms with E-state index in [-0.39, 0.29) is 0 Å². The number of allylic oxidation sites excluding steroid dienone is 1. The first-order valence-electron chi connectivity index (χ1n) is 4.37. The summed E-state index contributed by atoms with van der Waals surface area (Å²) in [4.78, 5) is 0. The molecule has 1 N–H and O–H groups in total. The van der Waals surface area contributed by atoms with Crippen molar-refractivity contribution in [2.24, 2.45) is 5.16 Å². The van der Waals surface area contributed by atoms with Crippen LogP contribution in [0.3, 0.4) is 0 Å². The second kappa shape index (κ2) is 6.38. The van der Waals surface area contributed by atoms with Crippen molar-refractivity contribution in [3.05, 3.63) is 41.5 Å². The zero-order valence-corrected chi connectivity index (χ0v) is 9.31. The van der Waals surface area contributed by atoms with Gasteiger partial charge in [-0.2, -0.15) is 0 Å². The fourth-order valence-electron chi connectivity index (χ4n) is 1.12. The Kier molecular flexibility index (Phi) is 5.00. The molecular weight excluding hydrogens is 242 g/mol. The molecule has 0 bridgehead atoms. The molecule has 0 aromatic heterocycles. The molecule has 74 valence electrons. The van der Waals surface area contributed by atoms with Gasteiger partial charge in [0, 0.05) is 10.9 Å². The van der Waals surface area contributed by atoms with Crippen molar-refractivity contribution in [1.82, 2.24) is 0 Å². The molecule has 0 amide bonds. The molecule has 0 aliphatic carbocycles. The second-order valence-electron chi connectivity index (χ2n) is 2.75. The van der Waals surface area contributed by atoms with E-state index in [0.717, 1.165) is 22.9 Å². The van der Waals surface area contributed by atoms with Gasteiger partial charge in [0.1, 0.15) is 0 Å². The monoisotopic (exact) mass is 253 g/mol. The largest absolute Gasteiger partial charge is 0.411 e. The molecule has 1 aromatic carbocycles. The average Bonchev–Trinajstić information content (AvgIpc) is 2.21. The van der Waals surface area contributed by atoms with Crippen LogP contribution in [-0.4, -0.2) is 16.8 Å². The maximum absolute atomic E-state index is 8.45. The molecule has 1 aromatic rings. The SMILES string of the molecule is ON=Cc1ccccc1C=CCCBr. The molecule has 0 saturated carbocycles. The number of oxime groups is 1. The maximum Gasteiger partial charge on any atom is 0.0739 e. The highest BCUT2D eigenvalue weighted by molar-refractivity contribution is 9.09. The first-order chi connectivity index (χ1) is 6.88. The smallest absolute Gasteiger partial charge is 0.0739 e. The fraction of sp³-hybridized carbons (Fsp3) is 0.182. The molecule has 14 heavy (non-hydrogen) atoms. The molecule has 0 saturated heterocycles. The number of rotatable bonds is 4. The number of hydrogen-bond acceptors (Lipinski definition) is 2. The molecule has 0 atom stereocenters. The predicted molar refractivity (Wildman–Crippen MR) is 63.3 cm³/mol. The lowest BCUT2D eigenvalue weighted by Gasteiger charge is -1.98. The van der Waals surface area contributed by atoms with E-state index in [1.54, 1.807) is 0 Å². The molecule has 1 rings (SSSR count). The summed E-state index contributed by atoms with van der Waals surface area (Å²) in [6, 6.07) is 7.77. The van der Waals surface area contributed by atoms with Crippen molar-refractivity contribution in [3.63, 3.8) is 0 Å². The Morgan fingerprint density at radius 2 is 2.00 bits per heavy atom. The summed E-state index contributed by atoms with van der Waals surface area (Å²) in [5.41, 5.74) is 1.98. The third kappa shape index (κ3) is 3.34. The minimum absolute atomic E-state index is 0.917. The van der Waals surface area contributed by atoms with Gasteiger partial charge in [-0.05, 0) is 12.0 Å². The van der Waals surface area contributed by atoms with Crippen LogP contribution in [0.5, 0.6) is 0 Å². The molecule has 0 unspecified atom stereocenters. The van der Waals surface area contributed by atoms with Crippen molar-refractivity contribution in [2.75, 3.05) is 5.33 Å². The van der Waals surface area contributed by atoms with Gasteiger partial charge in [0.05, 0.1) is 6.21 Å². The van der Waals surface area contributed by atoms with Crippen molar-refractivity contribution in [3.8, 4) is 0 Å². The molecular formula is C11H12BrNO. The lowest BCUT2D eigenvalue weighted by Crippen LogP contribution is -1.85. The molecule has 0 fully saturated rings. The minimum atomic E-state index is 0.917. The van der Waals surface area contributed by atoms with Gasteiger partial charge in [0.25, 0.3) is 0 Å². The van der Waals surface area contributed by atoms with Crippen molar-refractivity contribution in [2.45, 2.75) is 6.42 Å². The van der Waals surface area contributed by atoms with E-state index in [9.17, 15) is 0 Å². The molecule has 0 heterocycles. The second-order valence-corrected chi connectivity index (χ2v) is 3.55. The van der Waals surface area contributed by atoms with Gasteiger partial charge in [0.2, 0.25) is 0 Å². The van der Waals surface area contributed by atoms with E-state index in [1.165, 1.54) is 6.21 Å². The highest BCUT2D eigenvalue weighted by Crippen LogP contribution is 2.09. The van der Waals surface area contributed by atoms with E-state index in [2.05, 4.69) is 27.2 Å². The molecule has 0 radical (unpaired) electrons. The predicted octanol–water partition coefficient (Wildman–Crippen LogP) is 3.29. The van der Waals surface area contributed by atoms with E-state index in [0.29, 0.717) is 0 Å². The maximum atomic E-state index is 8.45. The summed E-state index contributed by atoms with van der Waals surface area (Å²) >= 11 is 3.35. The van der Waals surface area contributed by atoms with Crippen molar-refractivity contribution < 1.29 is 5.21 Å². The van der Waals surface area contributed by atoms with Crippen LogP contribution >= 0.6 is 15.9 Å². The topological polar surface area (TPSA) is 32.6 Å². The molecule has 0 aliphatic rings. The minimum Gasteiger partial charge on any atom is -0.411 e. The van der Waals surface area contributed by atoms with Crippen LogP contribution < -0.4 is 0 Å². The standard InChI is InChI=1S/C11H12BrNO/c12-8-4-3-6-10-5-1-2-7-11(10)9-13-14/h1-3,5-7,9,14H,4,8H2. The van der Waals surface area contributed by atoms with Crippen LogP contribution in [0.25, 0.3) is 6.08 Å². The van der Waals surface area contributed by atoms with Gasteiger partial charge in [-0.25, -0.2) is 0 Å². The lowest BCUT2D eigenvalue weighted by molar-refractivity contribution is 0.322. The number of halogens is 1. The van der Waals surface area contributed by atoms with Crippen LogP contribution in [0.15, 0.2) is 35.5 Å². The number of alkyl halides is 1. The molecule has 0 spiro atoms. The van der Waals surface area contributed by atoms with Gasteiger partial charge >= 0.3 is 0 Å². The van der Waals surface area contributed by atoms with Gasteiger partial charge in [-0.3, -0.25) is 0 Å². The molecule has 0 aliphatic heterocycles. The summed E-state index contributed by atoms with van der Waals surface area (Å²) in [7, 11) is 0. The first kappa shape index (κ1) is 11.0. The Balaban J connectivity index is 2.84. The normalized spacial score (nSPS) is 11.5. The van der Waals surface area contributed by atoms with E-state index >= 15 is 0 Å². The Morgan fingerprint density at radius 1 is 1.29 bits per heavy atom. The van der Waals surface area contributed by atoms with Gasteiger partial charge in [-0.15, -0.1) is 0 Å². The molecule has 3 heteroatoms. The summed E-state index contributed by atoms with van der Waals surface area (Å²) in [5.74, 6) is 0. The summed E-state index contributed by atoms with van der Waals surface area (Å²) < 4.78 is 0. The lowest BCUT2D eigenvalue weighted by atomic mass is 10.1. The quantitative estimate of drug-likeness (QED) is 0.380. The van der Waals surface area contributed by atoms with Crippen LogP contribution in [0.1, 0.15) is 17.5 Å². The zero-order valence-electron chi connectivity index (χ0n) is 7.73. The third-order valence-electron chi connectivity index (χ3n) is 1.77. The fourth-order valence-corrected chi connectivity index (χ4v) is 1.38. The highest BCUT2D eigenvalue weighted by atomic mass is 79.9.